The van der Waals surface area contributed by atoms with Crippen LogP contribution in [0.2, 0.25) is 0 Å². The molecule has 0 saturated heterocycles. The number of hydrogen-bond donors (Lipinski definition) is 1. The highest BCUT2D eigenvalue weighted by atomic mass is 19.4. The molecule has 1 N–H and O–H groups in total. The first-order chi connectivity index (χ1) is 15.4. The summed E-state index contributed by atoms with van der Waals surface area (Å²) in [5, 5.41) is 2.79. The molecule has 1 amide bonds. The Balaban J connectivity index is 1.66. The van der Waals surface area contributed by atoms with Gasteiger partial charge in [0.2, 0.25) is 0 Å². The maximum absolute atomic E-state index is 13.6. The molecule has 1 heterocycles. The van der Waals surface area contributed by atoms with Gasteiger partial charge in [-0.15, -0.1) is 0 Å². The van der Waals surface area contributed by atoms with Crippen molar-refractivity contribution in [1.29, 1.82) is 0 Å². The Morgan fingerprint density at radius 2 is 1.72 bits per heavy atom. The Kier molecular flexibility index (Phi) is 5.68. The SMILES string of the molecule is COc1ccc(C(F)(F)F)c(-c2nccn2-c2ccc(NC(=O)c3ccccc3)cc2)c1. The molecule has 0 aliphatic carbocycles. The third-order valence-electron chi connectivity index (χ3n) is 4.85. The fraction of sp³-hybridized carbons (Fsp3) is 0.0833. The maximum Gasteiger partial charge on any atom is 0.417 e. The number of alkyl halides is 3. The van der Waals surface area contributed by atoms with Crippen LogP contribution in [0.25, 0.3) is 17.1 Å². The molecule has 5 nitrogen and oxygen atoms in total. The van der Waals surface area contributed by atoms with Gasteiger partial charge in [-0.05, 0) is 54.6 Å². The minimum atomic E-state index is -4.55. The molecule has 3 aromatic carbocycles. The number of ether oxygens (including phenoxy) is 1. The van der Waals surface area contributed by atoms with Gasteiger partial charge in [0, 0.05) is 34.9 Å². The number of hydrogen-bond acceptors (Lipinski definition) is 3. The van der Waals surface area contributed by atoms with Crippen molar-refractivity contribution in [1.82, 2.24) is 9.55 Å². The van der Waals surface area contributed by atoms with E-state index in [4.69, 9.17) is 4.74 Å². The minimum absolute atomic E-state index is 0.0942. The summed E-state index contributed by atoms with van der Waals surface area (Å²) in [7, 11) is 1.39. The number of nitrogens with one attached hydrogen (secondary N) is 1. The van der Waals surface area contributed by atoms with E-state index in [9.17, 15) is 18.0 Å². The first-order valence-corrected chi connectivity index (χ1v) is 9.62. The first kappa shape index (κ1) is 21.2. The molecular weight excluding hydrogens is 419 g/mol. The molecule has 0 saturated carbocycles. The van der Waals surface area contributed by atoms with Crippen molar-refractivity contribution in [2.24, 2.45) is 0 Å². The number of methoxy groups -OCH3 is 1. The largest absolute Gasteiger partial charge is 0.497 e. The molecule has 0 atom stereocenters. The Hall–Kier alpha value is -4.07. The number of halogens is 3. The average Bonchev–Trinajstić information content (AvgIpc) is 3.29. The second-order valence-electron chi connectivity index (χ2n) is 6.90. The molecule has 0 radical (unpaired) electrons. The summed E-state index contributed by atoms with van der Waals surface area (Å²) >= 11 is 0. The molecule has 32 heavy (non-hydrogen) atoms. The van der Waals surface area contributed by atoms with E-state index in [0.717, 1.165) is 6.07 Å². The molecule has 0 unspecified atom stereocenters. The van der Waals surface area contributed by atoms with E-state index < -0.39 is 11.7 Å². The number of rotatable bonds is 5. The quantitative estimate of drug-likeness (QED) is 0.428. The number of imidazole rings is 1. The molecule has 162 valence electrons. The van der Waals surface area contributed by atoms with Crippen molar-refractivity contribution in [2.75, 3.05) is 12.4 Å². The summed E-state index contributed by atoms with van der Waals surface area (Å²) in [4.78, 5) is 16.5. The number of nitrogens with zero attached hydrogens (tertiary/aromatic N) is 2. The van der Waals surface area contributed by atoms with Crippen molar-refractivity contribution in [3.63, 3.8) is 0 Å². The van der Waals surface area contributed by atoms with Crippen molar-refractivity contribution >= 4 is 11.6 Å². The lowest BCUT2D eigenvalue weighted by Crippen LogP contribution is -2.11. The smallest absolute Gasteiger partial charge is 0.417 e. The summed E-state index contributed by atoms with van der Waals surface area (Å²) in [6, 6.07) is 19.1. The van der Waals surface area contributed by atoms with E-state index in [2.05, 4.69) is 10.3 Å². The average molecular weight is 437 g/mol. The fourth-order valence-electron chi connectivity index (χ4n) is 3.29. The minimum Gasteiger partial charge on any atom is -0.497 e. The predicted molar refractivity (Wildman–Crippen MR) is 115 cm³/mol. The highest BCUT2D eigenvalue weighted by Gasteiger charge is 2.35. The number of carbonyl (C=O) groups excluding carboxylic acids is 1. The van der Waals surface area contributed by atoms with E-state index in [-0.39, 0.29) is 17.3 Å². The monoisotopic (exact) mass is 437 g/mol. The Morgan fingerprint density at radius 3 is 2.38 bits per heavy atom. The van der Waals surface area contributed by atoms with Crippen molar-refractivity contribution in [3.8, 4) is 22.8 Å². The summed E-state index contributed by atoms with van der Waals surface area (Å²) in [6.07, 6.45) is -1.55. The zero-order valence-electron chi connectivity index (χ0n) is 16.9. The molecule has 4 aromatic rings. The van der Waals surface area contributed by atoms with Crippen molar-refractivity contribution < 1.29 is 22.7 Å². The van der Waals surface area contributed by atoms with Crippen LogP contribution in [0, 0.1) is 0 Å². The van der Waals surface area contributed by atoms with Crippen LogP contribution in [0.3, 0.4) is 0 Å². The second-order valence-corrected chi connectivity index (χ2v) is 6.90. The third-order valence-corrected chi connectivity index (χ3v) is 4.85. The van der Waals surface area contributed by atoms with Crippen LogP contribution < -0.4 is 10.1 Å². The lowest BCUT2D eigenvalue weighted by molar-refractivity contribution is -0.137. The first-order valence-electron chi connectivity index (χ1n) is 9.62. The van der Waals surface area contributed by atoms with E-state index >= 15 is 0 Å². The van der Waals surface area contributed by atoms with E-state index in [0.29, 0.717) is 22.7 Å². The van der Waals surface area contributed by atoms with Crippen LogP contribution in [0.15, 0.2) is 85.2 Å². The van der Waals surface area contributed by atoms with Gasteiger partial charge in [-0.1, -0.05) is 18.2 Å². The van der Waals surface area contributed by atoms with Gasteiger partial charge >= 0.3 is 6.18 Å². The van der Waals surface area contributed by atoms with E-state index in [1.165, 1.54) is 25.4 Å². The number of anilines is 1. The van der Waals surface area contributed by atoms with Gasteiger partial charge in [0.05, 0.1) is 12.7 Å². The van der Waals surface area contributed by atoms with Crippen LogP contribution in [0.5, 0.6) is 5.75 Å². The summed E-state index contributed by atoms with van der Waals surface area (Å²) in [6.45, 7) is 0. The van der Waals surface area contributed by atoms with Crippen molar-refractivity contribution in [2.45, 2.75) is 6.18 Å². The van der Waals surface area contributed by atoms with Gasteiger partial charge in [-0.25, -0.2) is 4.98 Å². The number of amides is 1. The van der Waals surface area contributed by atoms with Crippen LogP contribution in [-0.2, 0) is 6.18 Å². The van der Waals surface area contributed by atoms with Crippen LogP contribution in [0.4, 0.5) is 18.9 Å². The molecule has 0 fully saturated rings. The standard InChI is InChI=1S/C24H18F3N3O2/c1-32-19-11-12-21(24(25,26)27)20(15-19)22-28-13-14-30(22)18-9-7-17(8-10-18)29-23(31)16-5-3-2-4-6-16/h2-15H,1H3,(H,29,31). The van der Waals surface area contributed by atoms with Crippen molar-refractivity contribution in [3.05, 3.63) is 96.3 Å². The highest BCUT2D eigenvalue weighted by Crippen LogP contribution is 2.39. The van der Waals surface area contributed by atoms with E-state index in [1.54, 1.807) is 59.3 Å². The Labute approximate surface area is 182 Å². The van der Waals surface area contributed by atoms with Gasteiger partial charge in [-0.2, -0.15) is 13.2 Å². The van der Waals surface area contributed by atoms with Crippen LogP contribution in [-0.4, -0.2) is 22.6 Å². The third kappa shape index (κ3) is 4.34. The Bertz CT molecular complexity index is 1230. The molecular formula is C24H18F3N3O2. The summed E-state index contributed by atoms with van der Waals surface area (Å²) in [5.74, 6) is 0.159. The van der Waals surface area contributed by atoms with Crippen LogP contribution in [0.1, 0.15) is 15.9 Å². The second kappa shape index (κ2) is 8.58. The van der Waals surface area contributed by atoms with Gasteiger partial charge < -0.3 is 10.1 Å². The molecule has 4 rings (SSSR count). The van der Waals surface area contributed by atoms with Gasteiger partial charge in [0.25, 0.3) is 5.91 Å². The predicted octanol–water partition coefficient (Wildman–Crippen LogP) is 5.82. The number of carbonyl (C=O) groups is 1. The molecule has 1 aromatic heterocycles. The molecule has 0 aliphatic heterocycles. The number of aromatic nitrogens is 2. The fourth-order valence-corrected chi connectivity index (χ4v) is 3.29. The van der Waals surface area contributed by atoms with Gasteiger partial charge in [0.1, 0.15) is 11.6 Å². The highest BCUT2D eigenvalue weighted by molar-refractivity contribution is 6.04. The van der Waals surface area contributed by atoms with Crippen LogP contribution >= 0.6 is 0 Å². The zero-order valence-corrected chi connectivity index (χ0v) is 16.9. The van der Waals surface area contributed by atoms with Gasteiger partial charge in [-0.3, -0.25) is 9.36 Å². The molecule has 8 heteroatoms. The zero-order chi connectivity index (χ0) is 22.7. The molecule has 0 aliphatic rings. The normalized spacial score (nSPS) is 11.2. The summed E-state index contributed by atoms with van der Waals surface area (Å²) in [5.41, 5.74) is 0.764. The summed E-state index contributed by atoms with van der Waals surface area (Å²) < 4.78 is 47.5. The lowest BCUT2D eigenvalue weighted by atomic mass is 10.1. The molecule has 0 bridgehead atoms. The number of benzene rings is 3. The van der Waals surface area contributed by atoms with Gasteiger partial charge in [0.15, 0.2) is 0 Å². The maximum atomic E-state index is 13.6. The molecule has 0 spiro atoms. The van der Waals surface area contributed by atoms with E-state index in [1.807, 2.05) is 6.07 Å². The topological polar surface area (TPSA) is 56.1 Å². The lowest BCUT2D eigenvalue weighted by Gasteiger charge is -2.15. The Morgan fingerprint density at radius 1 is 1.00 bits per heavy atom.